The molecule has 0 aromatic heterocycles. The van der Waals surface area contributed by atoms with Crippen molar-refractivity contribution in [2.45, 2.75) is 64.8 Å². The van der Waals surface area contributed by atoms with E-state index in [0.29, 0.717) is 26.1 Å². The number of carbonyl (C=O) groups excluding carboxylic acids is 1. The number of rotatable bonds is 7. The van der Waals surface area contributed by atoms with E-state index in [9.17, 15) is 10.1 Å². The van der Waals surface area contributed by atoms with Gasteiger partial charge >= 0.3 is 0 Å². The summed E-state index contributed by atoms with van der Waals surface area (Å²) >= 11 is 0. The Labute approximate surface area is 116 Å². The number of unbranched alkanes of at least 4 members (excludes halogenated alkanes) is 1. The highest BCUT2D eigenvalue weighted by Crippen LogP contribution is 2.30. The van der Waals surface area contributed by atoms with Gasteiger partial charge in [-0.1, -0.05) is 33.1 Å². The maximum Gasteiger partial charge on any atom is 0.240 e. The Bertz CT molecular complexity index is 317. The van der Waals surface area contributed by atoms with Crippen molar-refractivity contribution in [2.75, 3.05) is 13.2 Å². The van der Waals surface area contributed by atoms with Gasteiger partial charge < -0.3 is 10.1 Å². The average Bonchev–Trinajstić information content (AvgIpc) is 2.45. The monoisotopic (exact) mass is 266 g/mol. The second kappa shape index (κ2) is 8.16. The molecular weight excluding hydrogens is 240 g/mol. The van der Waals surface area contributed by atoms with E-state index < -0.39 is 5.41 Å². The number of hydrogen-bond acceptors (Lipinski definition) is 3. The molecule has 0 bridgehead atoms. The molecule has 1 atom stereocenters. The van der Waals surface area contributed by atoms with E-state index in [-0.39, 0.29) is 11.9 Å². The van der Waals surface area contributed by atoms with Gasteiger partial charge in [-0.15, -0.1) is 0 Å². The van der Waals surface area contributed by atoms with E-state index >= 15 is 0 Å². The van der Waals surface area contributed by atoms with Gasteiger partial charge in [-0.2, -0.15) is 5.26 Å². The highest BCUT2D eigenvalue weighted by Gasteiger charge is 2.40. The first-order valence-corrected chi connectivity index (χ1v) is 7.48. The summed E-state index contributed by atoms with van der Waals surface area (Å²) in [6, 6.07) is 2.44. The van der Waals surface area contributed by atoms with Crippen molar-refractivity contribution in [2.24, 2.45) is 5.41 Å². The lowest BCUT2D eigenvalue weighted by Crippen LogP contribution is -2.47. The Morgan fingerprint density at radius 3 is 2.53 bits per heavy atom. The van der Waals surface area contributed by atoms with Crippen LogP contribution in [-0.2, 0) is 9.53 Å². The molecule has 1 heterocycles. The SMILES string of the molecule is CCCCC(CCC)NC(=O)C1(C#N)CCOCC1. The van der Waals surface area contributed by atoms with Crippen LogP contribution < -0.4 is 5.32 Å². The second-order valence-electron chi connectivity index (χ2n) is 5.41. The second-order valence-corrected chi connectivity index (χ2v) is 5.41. The molecule has 4 nitrogen and oxygen atoms in total. The lowest BCUT2D eigenvalue weighted by molar-refractivity contribution is -0.133. The van der Waals surface area contributed by atoms with Crippen molar-refractivity contribution in [1.82, 2.24) is 5.32 Å². The molecule has 108 valence electrons. The van der Waals surface area contributed by atoms with E-state index in [2.05, 4.69) is 25.2 Å². The lowest BCUT2D eigenvalue weighted by atomic mass is 9.80. The maximum atomic E-state index is 12.4. The van der Waals surface area contributed by atoms with Crippen LogP contribution in [0.25, 0.3) is 0 Å². The van der Waals surface area contributed by atoms with Crippen LogP contribution in [-0.4, -0.2) is 25.2 Å². The summed E-state index contributed by atoms with van der Waals surface area (Å²) in [6.07, 6.45) is 6.33. The number of nitriles is 1. The lowest BCUT2D eigenvalue weighted by Gasteiger charge is -2.31. The molecular formula is C15H26N2O2. The molecule has 1 N–H and O–H groups in total. The summed E-state index contributed by atoms with van der Waals surface area (Å²) in [6.45, 7) is 5.29. The Morgan fingerprint density at radius 1 is 1.32 bits per heavy atom. The Morgan fingerprint density at radius 2 is 2.00 bits per heavy atom. The van der Waals surface area contributed by atoms with Gasteiger partial charge in [-0.3, -0.25) is 4.79 Å². The van der Waals surface area contributed by atoms with Crippen molar-refractivity contribution in [3.05, 3.63) is 0 Å². The predicted octanol–water partition coefficient (Wildman–Crippen LogP) is 2.78. The van der Waals surface area contributed by atoms with E-state index in [1.54, 1.807) is 0 Å². The highest BCUT2D eigenvalue weighted by molar-refractivity contribution is 5.85. The van der Waals surface area contributed by atoms with Gasteiger partial charge in [0, 0.05) is 19.3 Å². The zero-order chi connectivity index (χ0) is 14.1. The first-order valence-electron chi connectivity index (χ1n) is 7.48. The van der Waals surface area contributed by atoms with Gasteiger partial charge in [0.05, 0.1) is 6.07 Å². The summed E-state index contributed by atoms with van der Waals surface area (Å²) in [4.78, 5) is 12.4. The summed E-state index contributed by atoms with van der Waals surface area (Å²) in [5.41, 5.74) is -0.865. The van der Waals surface area contributed by atoms with Crippen molar-refractivity contribution in [1.29, 1.82) is 5.26 Å². The Hall–Kier alpha value is -1.08. The zero-order valence-corrected chi connectivity index (χ0v) is 12.2. The van der Waals surface area contributed by atoms with Crippen molar-refractivity contribution < 1.29 is 9.53 Å². The molecule has 1 aliphatic rings. The predicted molar refractivity (Wildman–Crippen MR) is 74.5 cm³/mol. The number of amides is 1. The summed E-state index contributed by atoms with van der Waals surface area (Å²) in [5, 5.41) is 12.5. The van der Waals surface area contributed by atoms with Crippen LogP contribution in [0.5, 0.6) is 0 Å². The molecule has 0 aromatic rings. The van der Waals surface area contributed by atoms with Crippen molar-refractivity contribution >= 4 is 5.91 Å². The van der Waals surface area contributed by atoms with Crippen LogP contribution in [0.2, 0.25) is 0 Å². The number of nitrogens with zero attached hydrogens (tertiary/aromatic N) is 1. The fourth-order valence-corrected chi connectivity index (χ4v) is 2.52. The number of ether oxygens (including phenoxy) is 1. The number of carbonyl (C=O) groups is 1. The topological polar surface area (TPSA) is 62.1 Å². The van der Waals surface area contributed by atoms with Gasteiger partial charge in [0.2, 0.25) is 5.91 Å². The van der Waals surface area contributed by atoms with Crippen LogP contribution in [0.15, 0.2) is 0 Å². The van der Waals surface area contributed by atoms with Crippen LogP contribution in [0.3, 0.4) is 0 Å². The van der Waals surface area contributed by atoms with Crippen LogP contribution in [0.1, 0.15) is 58.8 Å². The van der Waals surface area contributed by atoms with E-state index in [4.69, 9.17) is 4.74 Å². The fraction of sp³-hybridized carbons (Fsp3) is 0.867. The van der Waals surface area contributed by atoms with Crippen molar-refractivity contribution in [3.8, 4) is 6.07 Å². The minimum absolute atomic E-state index is 0.0900. The van der Waals surface area contributed by atoms with E-state index in [0.717, 1.165) is 32.1 Å². The number of hydrogen-bond donors (Lipinski definition) is 1. The molecule has 19 heavy (non-hydrogen) atoms. The third-order valence-corrected chi connectivity index (χ3v) is 3.87. The van der Waals surface area contributed by atoms with Gasteiger partial charge in [0.15, 0.2) is 0 Å². The maximum absolute atomic E-state index is 12.4. The summed E-state index contributed by atoms with van der Waals surface area (Å²) < 4.78 is 5.26. The third-order valence-electron chi connectivity index (χ3n) is 3.87. The smallest absolute Gasteiger partial charge is 0.240 e. The highest BCUT2D eigenvalue weighted by atomic mass is 16.5. The molecule has 4 heteroatoms. The molecule has 1 fully saturated rings. The van der Waals surface area contributed by atoms with Crippen LogP contribution in [0, 0.1) is 16.7 Å². The van der Waals surface area contributed by atoms with Crippen LogP contribution in [0.4, 0.5) is 0 Å². The zero-order valence-electron chi connectivity index (χ0n) is 12.2. The molecule has 1 amide bonds. The Kier molecular flexibility index (Phi) is 6.86. The molecule has 1 aliphatic heterocycles. The first-order chi connectivity index (χ1) is 9.18. The molecule has 0 aliphatic carbocycles. The minimum Gasteiger partial charge on any atom is -0.381 e. The molecule has 1 rings (SSSR count). The molecule has 1 unspecified atom stereocenters. The van der Waals surface area contributed by atoms with E-state index in [1.165, 1.54) is 0 Å². The molecule has 0 spiro atoms. The molecule has 0 aromatic carbocycles. The van der Waals surface area contributed by atoms with Crippen molar-refractivity contribution in [3.63, 3.8) is 0 Å². The van der Waals surface area contributed by atoms with Gasteiger partial charge in [-0.25, -0.2) is 0 Å². The third kappa shape index (κ3) is 4.50. The van der Waals surface area contributed by atoms with Gasteiger partial charge in [0.1, 0.15) is 5.41 Å². The summed E-state index contributed by atoms with van der Waals surface area (Å²) in [7, 11) is 0. The normalized spacial score (nSPS) is 19.4. The van der Waals surface area contributed by atoms with Gasteiger partial charge in [-0.05, 0) is 25.7 Å². The average molecular weight is 266 g/mol. The molecule has 0 saturated carbocycles. The standard InChI is InChI=1S/C15H26N2O2/c1-3-5-7-13(6-4-2)17-14(18)15(12-16)8-10-19-11-9-15/h13H,3-11H2,1-2H3,(H,17,18). The van der Waals surface area contributed by atoms with Gasteiger partial charge in [0.25, 0.3) is 0 Å². The number of nitrogens with one attached hydrogen (secondary N) is 1. The fourth-order valence-electron chi connectivity index (χ4n) is 2.52. The first kappa shape index (κ1) is 16.0. The Balaban J connectivity index is 2.60. The van der Waals surface area contributed by atoms with Crippen LogP contribution >= 0.6 is 0 Å². The quantitative estimate of drug-likeness (QED) is 0.770. The largest absolute Gasteiger partial charge is 0.381 e. The minimum atomic E-state index is -0.865. The summed E-state index contributed by atoms with van der Waals surface area (Å²) in [5.74, 6) is -0.0900. The molecule has 1 saturated heterocycles. The molecule has 0 radical (unpaired) electrons. The van der Waals surface area contributed by atoms with E-state index in [1.807, 2.05) is 0 Å².